The van der Waals surface area contributed by atoms with Crippen LogP contribution in [0.2, 0.25) is 0 Å². The molecule has 0 radical (unpaired) electrons. The molecule has 0 aliphatic rings. The lowest BCUT2D eigenvalue weighted by atomic mass is 10.1. The Bertz CT molecular complexity index is 1030. The number of rotatable bonds is 5. The van der Waals surface area contributed by atoms with Crippen LogP contribution in [0, 0.1) is 0 Å². The van der Waals surface area contributed by atoms with Gasteiger partial charge in [0, 0.05) is 30.4 Å². The Morgan fingerprint density at radius 2 is 1.96 bits per heavy atom. The van der Waals surface area contributed by atoms with E-state index in [9.17, 15) is 0 Å². The van der Waals surface area contributed by atoms with Crippen molar-refractivity contribution in [2.24, 2.45) is 7.05 Å². The van der Waals surface area contributed by atoms with Crippen LogP contribution < -0.4 is 10.1 Å². The lowest BCUT2D eigenvalue weighted by molar-refractivity contribution is 0.393. The molecule has 0 spiro atoms. The Balaban J connectivity index is 1.65. The third-order valence-electron chi connectivity index (χ3n) is 3.78. The molecular formula is C18H16N6O2. The van der Waals surface area contributed by atoms with Gasteiger partial charge in [0.15, 0.2) is 0 Å². The van der Waals surface area contributed by atoms with E-state index < -0.39 is 0 Å². The van der Waals surface area contributed by atoms with Gasteiger partial charge >= 0.3 is 0 Å². The normalized spacial score (nSPS) is 10.7. The van der Waals surface area contributed by atoms with Crippen molar-refractivity contribution in [3.8, 4) is 28.4 Å². The first-order valence-corrected chi connectivity index (χ1v) is 7.92. The van der Waals surface area contributed by atoms with Crippen molar-refractivity contribution in [2.75, 3.05) is 12.4 Å². The predicted octanol–water partition coefficient (Wildman–Crippen LogP) is 3.28. The quantitative estimate of drug-likeness (QED) is 0.592. The van der Waals surface area contributed by atoms with Crippen molar-refractivity contribution in [2.45, 2.75) is 0 Å². The highest BCUT2D eigenvalue weighted by atomic mass is 16.5. The molecule has 0 amide bonds. The number of hydrogen-bond acceptors (Lipinski definition) is 7. The van der Waals surface area contributed by atoms with Crippen molar-refractivity contribution >= 4 is 11.6 Å². The first-order chi connectivity index (χ1) is 12.7. The second kappa shape index (κ2) is 6.67. The van der Waals surface area contributed by atoms with Crippen LogP contribution >= 0.6 is 0 Å². The monoisotopic (exact) mass is 348 g/mol. The number of nitrogens with zero attached hydrogens (tertiary/aromatic N) is 5. The Kier molecular flexibility index (Phi) is 4.06. The summed E-state index contributed by atoms with van der Waals surface area (Å²) in [5.74, 6) is 0.940. The summed E-state index contributed by atoms with van der Waals surface area (Å²) in [5.41, 5.74) is 4.17. The molecule has 0 atom stereocenters. The van der Waals surface area contributed by atoms with Crippen LogP contribution in [0.4, 0.5) is 11.6 Å². The molecule has 8 heteroatoms. The summed E-state index contributed by atoms with van der Waals surface area (Å²) in [6.07, 6.45) is 5.06. The lowest BCUT2D eigenvalue weighted by Crippen LogP contribution is -1.98. The van der Waals surface area contributed by atoms with Gasteiger partial charge in [-0.1, -0.05) is 23.4 Å². The molecule has 4 rings (SSSR count). The molecule has 130 valence electrons. The Morgan fingerprint density at radius 3 is 2.73 bits per heavy atom. The molecule has 0 bridgehead atoms. The van der Waals surface area contributed by atoms with Gasteiger partial charge in [-0.25, -0.2) is 9.97 Å². The van der Waals surface area contributed by atoms with E-state index in [1.165, 1.54) is 0 Å². The summed E-state index contributed by atoms with van der Waals surface area (Å²) in [7, 11) is 3.39. The second-order valence-electron chi connectivity index (χ2n) is 5.58. The highest BCUT2D eigenvalue weighted by Gasteiger charge is 2.11. The maximum absolute atomic E-state index is 5.24. The molecule has 3 aromatic heterocycles. The van der Waals surface area contributed by atoms with Crippen LogP contribution in [0.15, 0.2) is 59.6 Å². The molecule has 0 unspecified atom stereocenters. The Morgan fingerprint density at radius 1 is 1.12 bits per heavy atom. The Labute approximate surface area is 149 Å². The van der Waals surface area contributed by atoms with Crippen molar-refractivity contribution < 1.29 is 9.26 Å². The van der Waals surface area contributed by atoms with E-state index in [1.807, 2.05) is 43.4 Å². The minimum Gasteiger partial charge on any atom is -0.478 e. The van der Waals surface area contributed by atoms with Gasteiger partial charge in [0.25, 0.3) is 5.88 Å². The van der Waals surface area contributed by atoms with E-state index in [1.54, 1.807) is 30.4 Å². The fourth-order valence-electron chi connectivity index (χ4n) is 2.60. The average Bonchev–Trinajstić information content (AvgIpc) is 3.32. The number of hydrogen-bond donors (Lipinski definition) is 1. The van der Waals surface area contributed by atoms with Gasteiger partial charge in [0.05, 0.1) is 19.0 Å². The van der Waals surface area contributed by atoms with Crippen molar-refractivity contribution in [3.63, 3.8) is 0 Å². The molecule has 1 N–H and O–H groups in total. The SMILES string of the molecule is COc1nn(C)cc1Nc1nccc(-c2cccc(-c3ccon3)c2)n1. The van der Waals surface area contributed by atoms with Crippen LogP contribution in [0.3, 0.4) is 0 Å². The lowest BCUT2D eigenvalue weighted by Gasteiger charge is -2.07. The second-order valence-corrected chi connectivity index (χ2v) is 5.58. The predicted molar refractivity (Wildman–Crippen MR) is 96.0 cm³/mol. The number of anilines is 2. The summed E-state index contributed by atoms with van der Waals surface area (Å²) in [6.45, 7) is 0. The summed E-state index contributed by atoms with van der Waals surface area (Å²) in [5, 5.41) is 11.3. The first kappa shape index (κ1) is 15.8. The number of ether oxygens (including phenoxy) is 1. The van der Waals surface area contributed by atoms with Gasteiger partial charge in [-0.2, -0.15) is 0 Å². The molecule has 26 heavy (non-hydrogen) atoms. The first-order valence-electron chi connectivity index (χ1n) is 7.92. The minimum atomic E-state index is 0.459. The van der Waals surface area contributed by atoms with Crippen LogP contribution in [0.5, 0.6) is 5.88 Å². The third kappa shape index (κ3) is 3.12. The molecule has 4 aromatic rings. The van der Waals surface area contributed by atoms with Crippen molar-refractivity contribution in [3.05, 3.63) is 55.1 Å². The molecule has 0 aliphatic heterocycles. The largest absolute Gasteiger partial charge is 0.478 e. The van der Waals surface area contributed by atoms with Gasteiger partial charge in [-0.3, -0.25) is 4.68 Å². The number of methoxy groups -OCH3 is 1. The zero-order valence-electron chi connectivity index (χ0n) is 14.2. The third-order valence-corrected chi connectivity index (χ3v) is 3.78. The van der Waals surface area contributed by atoms with Gasteiger partial charge in [0.2, 0.25) is 5.95 Å². The number of benzene rings is 1. The van der Waals surface area contributed by atoms with Gasteiger partial charge in [-0.05, 0) is 12.1 Å². The van der Waals surface area contributed by atoms with E-state index in [4.69, 9.17) is 9.26 Å². The number of aryl methyl sites for hydroxylation is 1. The van der Waals surface area contributed by atoms with Crippen LogP contribution in [-0.4, -0.2) is 32.0 Å². The van der Waals surface area contributed by atoms with Gasteiger partial charge < -0.3 is 14.6 Å². The van der Waals surface area contributed by atoms with E-state index in [0.29, 0.717) is 17.5 Å². The molecule has 0 fully saturated rings. The maximum atomic E-state index is 5.24. The zero-order chi connectivity index (χ0) is 17.9. The van der Waals surface area contributed by atoms with Crippen molar-refractivity contribution in [1.29, 1.82) is 0 Å². The molecule has 1 aromatic carbocycles. The van der Waals surface area contributed by atoms with Crippen molar-refractivity contribution in [1.82, 2.24) is 24.9 Å². The number of aromatic nitrogens is 5. The fourth-order valence-corrected chi connectivity index (χ4v) is 2.60. The molecular weight excluding hydrogens is 332 g/mol. The van der Waals surface area contributed by atoms with E-state index >= 15 is 0 Å². The van der Waals surface area contributed by atoms with Crippen LogP contribution in [0.25, 0.3) is 22.5 Å². The minimum absolute atomic E-state index is 0.459. The fraction of sp³-hybridized carbons (Fsp3) is 0.111. The standard InChI is InChI=1S/C18H16N6O2/c1-24-11-16(17(22-24)25-2)21-18-19-8-6-14(20-18)12-4-3-5-13(10-12)15-7-9-26-23-15/h3-11H,1-2H3,(H,19,20,21). The molecule has 0 saturated heterocycles. The van der Waals surface area contributed by atoms with E-state index in [2.05, 4.69) is 25.5 Å². The summed E-state index contributed by atoms with van der Waals surface area (Å²) in [6, 6.07) is 11.6. The summed E-state index contributed by atoms with van der Waals surface area (Å²) < 4.78 is 11.8. The summed E-state index contributed by atoms with van der Waals surface area (Å²) >= 11 is 0. The number of nitrogens with one attached hydrogen (secondary N) is 1. The highest BCUT2D eigenvalue weighted by Crippen LogP contribution is 2.27. The molecule has 8 nitrogen and oxygen atoms in total. The van der Waals surface area contributed by atoms with E-state index in [-0.39, 0.29) is 0 Å². The maximum Gasteiger partial charge on any atom is 0.256 e. The van der Waals surface area contributed by atoms with Crippen LogP contribution in [-0.2, 0) is 7.05 Å². The smallest absolute Gasteiger partial charge is 0.256 e. The Hall–Kier alpha value is -3.68. The van der Waals surface area contributed by atoms with Crippen LogP contribution in [0.1, 0.15) is 0 Å². The summed E-state index contributed by atoms with van der Waals surface area (Å²) in [4.78, 5) is 8.86. The van der Waals surface area contributed by atoms with Gasteiger partial charge in [-0.15, -0.1) is 5.10 Å². The molecule has 0 aliphatic carbocycles. The average molecular weight is 348 g/mol. The topological polar surface area (TPSA) is 90.9 Å². The van der Waals surface area contributed by atoms with E-state index in [0.717, 1.165) is 22.5 Å². The van der Waals surface area contributed by atoms with Gasteiger partial charge in [0.1, 0.15) is 17.6 Å². The molecule has 0 saturated carbocycles. The highest BCUT2D eigenvalue weighted by molar-refractivity contribution is 5.70. The molecule has 3 heterocycles. The zero-order valence-corrected chi connectivity index (χ0v) is 14.2.